The van der Waals surface area contributed by atoms with Gasteiger partial charge in [0.15, 0.2) is 0 Å². The van der Waals surface area contributed by atoms with Crippen LogP contribution >= 0.6 is 0 Å². The van der Waals surface area contributed by atoms with Crippen molar-refractivity contribution < 1.29 is 4.79 Å². The van der Waals surface area contributed by atoms with E-state index in [1.807, 2.05) is 30.0 Å². The zero-order chi connectivity index (χ0) is 17.6. The average molecular weight is 337 g/mol. The molecular formula is C21H27N3O. The Labute approximate surface area is 150 Å². The van der Waals surface area contributed by atoms with Crippen LogP contribution in [-0.4, -0.2) is 47.9 Å². The molecule has 2 aromatic carbocycles. The summed E-state index contributed by atoms with van der Waals surface area (Å²) >= 11 is 0. The van der Waals surface area contributed by atoms with Crippen molar-refractivity contribution in [3.8, 4) is 0 Å². The first-order valence-electron chi connectivity index (χ1n) is 9.00. The molecule has 25 heavy (non-hydrogen) atoms. The Morgan fingerprint density at radius 3 is 2.28 bits per heavy atom. The third-order valence-corrected chi connectivity index (χ3v) is 4.74. The molecule has 1 heterocycles. The molecule has 1 aliphatic rings. The quantitative estimate of drug-likeness (QED) is 0.910. The van der Waals surface area contributed by atoms with Crippen LogP contribution in [0.2, 0.25) is 0 Å². The molecule has 1 saturated heterocycles. The van der Waals surface area contributed by atoms with E-state index >= 15 is 0 Å². The van der Waals surface area contributed by atoms with Gasteiger partial charge in [0, 0.05) is 38.4 Å². The molecule has 2 aromatic rings. The second-order valence-electron chi connectivity index (χ2n) is 6.82. The van der Waals surface area contributed by atoms with E-state index in [0.717, 1.165) is 38.4 Å². The Morgan fingerprint density at radius 2 is 1.64 bits per heavy atom. The highest BCUT2D eigenvalue weighted by molar-refractivity contribution is 5.84. The van der Waals surface area contributed by atoms with Crippen molar-refractivity contribution >= 4 is 11.6 Å². The molecule has 0 saturated carbocycles. The zero-order valence-electron chi connectivity index (χ0n) is 15.1. The van der Waals surface area contributed by atoms with Gasteiger partial charge in [-0.2, -0.15) is 0 Å². The summed E-state index contributed by atoms with van der Waals surface area (Å²) in [6.45, 7) is 8.42. The second-order valence-corrected chi connectivity index (χ2v) is 6.82. The Kier molecular flexibility index (Phi) is 5.71. The highest BCUT2D eigenvalue weighted by atomic mass is 16.2. The van der Waals surface area contributed by atoms with Crippen molar-refractivity contribution in [3.05, 3.63) is 65.7 Å². The maximum atomic E-state index is 12.7. The van der Waals surface area contributed by atoms with Crippen LogP contribution in [0.5, 0.6) is 0 Å². The molecule has 0 aromatic heterocycles. The van der Waals surface area contributed by atoms with Gasteiger partial charge in [-0.1, -0.05) is 48.0 Å². The highest BCUT2D eigenvalue weighted by Gasteiger charge is 2.24. The molecule has 1 N–H and O–H groups in total. The van der Waals surface area contributed by atoms with Crippen LogP contribution in [0.3, 0.4) is 0 Å². The minimum Gasteiger partial charge on any atom is -0.374 e. The smallest absolute Gasteiger partial charge is 0.244 e. The molecule has 4 nitrogen and oxygen atoms in total. The first-order valence-corrected chi connectivity index (χ1v) is 9.00. The van der Waals surface area contributed by atoms with Crippen molar-refractivity contribution in [1.82, 2.24) is 9.80 Å². The van der Waals surface area contributed by atoms with Crippen LogP contribution in [0.25, 0.3) is 0 Å². The van der Waals surface area contributed by atoms with E-state index in [1.54, 1.807) is 0 Å². The minimum absolute atomic E-state index is 0.180. The Morgan fingerprint density at radius 1 is 1.00 bits per heavy atom. The predicted molar refractivity (Wildman–Crippen MR) is 103 cm³/mol. The summed E-state index contributed by atoms with van der Waals surface area (Å²) < 4.78 is 0. The van der Waals surface area contributed by atoms with Crippen molar-refractivity contribution in [1.29, 1.82) is 0 Å². The van der Waals surface area contributed by atoms with Crippen LogP contribution in [0, 0.1) is 6.92 Å². The SMILES string of the molecule is Cc1ccc(NC(C)C(=O)N2CCN(Cc3ccccc3)CC2)cc1. The first kappa shape index (κ1) is 17.5. The normalized spacial score (nSPS) is 16.5. The number of piperazine rings is 1. The van der Waals surface area contributed by atoms with Gasteiger partial charge in [-0.05, 0) is 31.5 Å². The van der Waals surface area contributed by atoms with Gasteiger partial charge in [0.2, 0.25) is 5.91 Å². The number of nitrogens with zero attached hydrogens (tertiary/aromatic N) is 2. The average Bonchev–Trinajstić information content (AvgIpc) is 2.64. The zero-order valence-corrected chi connectivity index (χ0v) is 15.1. The van der Waals surface area contributed by atoms with Gasteiger partial charge >= 0.3 is 0 Å². The fraction of sp³-hybridized carbons (Fsp3) is 0.381. The van der Waals surface area contributed by atoms with Crippen molar-refractivity contribution in [2.24, 2.45) is 0 Å². The van der Waals surface area contributed by atoms with Crippen LogP contribution in [0.15, 0.2) is 54.6 Å². The summed E-state index contributed by atoms with van der Waals surface area (Å²) in [5, 5.41) is 3.31. The molecule has 1 amide bonds. The van der Waals surface area contributed by atoms with Gasteiger partial charge in [0.1, 0.15) is 6.04 Å². The Hall–Kier alpha value is -2.33. The van der Waals surface area contributed by atoms with E-state index in [9.17, 15) is 4.79 Å². The molecule has 0 aliphatic carbocycles. The van der Waals surface area contributed by atoms with Crippen LogP contribution in [0.1, 0.15) is 18.1 Å². The topological polar surface area (TPSA) is 35.6 Å². The molecule has 1 aliphatic heterocycles. The molecule has 0 bridgehead atoms. The van der Waals surface area contributed by atoms with Gasteiger partial charge < -0.3 is 10.2 Å². The maximum absolute atomic E-state index is 12.7. The number of nitrogens with one attached hydrogen (secondary N) is 1. The van der Waals surface area contributed by atoms with Gasteiger partial charge in [-0.15, -0.1) is 0 Å². The summed E-state index contributed by atoms with van der Waals surface area (Å²) in [4.78, 5) is 17.1. The standard InChI is InChI=1S/C21H27N3O/c1-17-8-10-20(11-9-17)22-18(2)21(25)24-14-12-23(13-15-24)16-19-6-4-3-5-7-19/h3-11,18,22H,12-16H2,1-2H3. The number of amides is 1. The lowest BCUT2D eigenvalue weighted by atomic mass is 10.1. The van der Waals surface area contributed by atoms with E-state index in [4.69, 9.17) is 0 Å². The number of rotatable bonds is 5. The monoisotopic (exact) mass is 337 g/mol. The summed E-state index contributed by atoms with van der Waals surface area (Å²) in [5.74, 6) is 0.180. The number of carbonyl (C=O) groups is 1. The fourth-order valence-electron chi connectivity index (χ4n) is 3.20. The van der Waals surface area contributed by atoms with Crippen LogP contribution in [0.4, 0.5) is 5.69 Å². The molecule has 1 fully saturated rings. The molecular weight excluding hydrogens is 310 g/mol. The second kappa shape index (κ2) is 8.17. The molecule has 0 spiro atoms. The van der Waals surface area contributed by atoms with Crippen molar-refractivity contribution in [2.75, 3.05) is 31.5 Å². The molecule has 132 valence electrons. The van der Waals surface area contributed by atoms with E-state index in [1.165, 1.54) is 11.1 Å². The number of hydrogen-bond acceptors (Lipinski definition) is 3. The van der Waals surface area contributed by atoms with Crippen molar-refractivity contribution in [2.45, 2.75) is 26.4 Å². The van der Waals surface area contributed by atoms with E-state index < -0.39 is 0 Å². The highest BCUT2D eigenvalue weighted by Crippen LogP contribution is 2.13. The number of hydrogen-bond donors (Lipinski definition) is 1. The molecule has 4 heteroatoms. The lowest BCUT2D eigenvalue weighted by Crippen LogP contribution is -2.51. The van der Waals surface area contributed by atoms with E-state index in [0.29, 0.717) is 0 Å². The van der Waals surface area contributed by atoms with Gasteiger partial charge in [0.05, 0.1) is 0 Å². The third-order valence-electron chi connectivity index (χ3n) is 4.74. The number of aryl methyl sites for hydroxylation is 1. The molecule has 0 radical (unpaired) electrons. The first-order chi connectivity index (χ1) is 12.1. The van der Waals surface area contributed by atoms with Crippen LogP contribution < -0.4 is 5.32 Å². The van der Waals surface area contributed by atoms with Gasteiger partial charge in [0.25, 0.3) is 0 Å². The summed E-state index contributed by atoms with van der Waals surface area (Å²) in [5.41, 5.74) is 3.55. The summed E-state index contributed by atoms with van der Waals surface area (Å²) in [7, 11) is 0. The third kappa shape index (κ3) is 4.83. The van der Waals surface area contributed by atoms with Crippen LogP contribution in [-0.2, 0) is 11.3 Å². The van der Waals surface area contributed by atoms with Gasteiger partial charge in [-0.25, -0.2) is 0 Å². The van der Waals surface area contributed by atoms with Gasteiger partial charge in [-0.3, -0.25) is 9.69 Å². The Bertz CT molecular complexity index is 676. The van der Waals surface area contributed by atoms with E-state index in [-0.39, 0.29) is 11.9 Å². The Balaban J connectivity index is 1.48. The fourth-order valence-corrected chi connectivity index (χ4v) is 3.20. The predicted octanol–water partition coefficient (Wildman–Crippen LogP) is 3.14. The largest absolute Gasteiger partial charge is 0.374 e. The summed E-state index contributed by atoms with van der Waals surface area (Å²) in [6, 6.07) is 18.5. The number of carbonyl (C=O) groups excluding carboxylic acids is 1. The number of anilines is 1. The number of benzene rings is 2. The minimum atomic E-state index is -0.205. The van der Waals surface area contributed by atoms with Crippen molar-refractivity contribution in [3.63, 3.8) is 0 Å². The molecule has 1 unspecified atom stereocenters. The lowest BCUT2D eigenvalue weighted by molar-refractivity contribution is -0.133. The van der Waals surface area contributed by atoms with E-state index in [2.05, 4.69) is 53.5 Å². The maximum Gasteiger partial charge on any atom is 0.244 e. The molecule has 1 atom stereocenters. The lowest BCUT2D eigenvalue weighted by Gasteiger charge is -2.36. The summed E-state index contributed by atoms with van der Waals surface area (Å²) in [6.07, 6.45) is 0. The molecule has 3 rings (SSSR count).